The summed E-state index contributed by atoms with van der Waals surface area (Å²) in [5.74, 6) is -1.23. The fraction of sp³-hybridized carbons (Fsp3) is 0.0714. The summed E-state index contributed by atoms with van der Waals surface area (Å²) in [4.78, 5) is 11.7. The standard InChI is InChI=1S/C14H10Cl3FN2O3S/c15-10-5-12(17)13(6-11(10)16)20-14(21)7-19-24(22,23)9-3-1-8(18)2-4-9/h1-6,19H,7H2,(H,20,21). The van der Waals surface area contributed by atoms with Gasteiger partial charge in [-0.25, -0.2) is 17.5 Å². The molecule has 0 atom stereocenters. The van der Waals surface area contributed by atoms with Gasteiger partial charge < -0.3 is 5.32 Å². The van der Waals surface area contributed by atoms with Crippen LogP contribution in [0.3, 0.4) is 0 Å². The molecule has 0 heterocycles. The maximum absolute atomic E-state index is 12.8. The van der Waals surface area contributed by atoms with Crippen molar-refractivity contribution in [1.29, 1.82) is 0 Å². The van der Waals surface area contributed by atoms with E-state index in [9.17, 15) is 17.6 Å². The summed E-state index contributed by atoms with van der Waals surface area (Å²) in [6.45, 7) is -0.545. The molecule has 0 unspecified atom stereocenters. The predicted octanol–water partition coefficient (Wildman–Crippen LogP) is 3.70. The highest BCUT2D eigenvalue weighted by molar-refractivity contribution is 7.89. The Bertz CT molecular complexity index is 874. The van der Waals surface area contributed by atoms with Gasteiger partial charge in [-0.05, 0) is 36.4 Å². The lowest BCUT2D eigenvalue weighted by molar-refractivity contribution is -0.115. The number of benzene rings is 2. The molecule has 0 fully saturated rings. The van der Waals surface area contributed by atoms with Gasteiger partial charge in [0, 0.05) is 0 Å². The number of carbonyl (C=O) groups excluding carboxylic acids is 1. The van der Waals surface area contributed by atoms with Crippen molar-refractivity contribution in [1.82, 2.24) is 4.72 Å². The Kier molecular flexibility index (Phi) is 6.06. The van der Waals surface area contributed by atoms with Crippen molar-refractivity contribution in [3.63, 3.8) is 0 Å². The molecule has 24 heavy (non-hydrogen) atoms. The average molecular weight is 412 g/mol. The molecule has 128 valence electrons. The molecule has 2 rings (SSSR count). The predicted molar refractivity (Wildman–Crippen MR) is 91.7 cm³/mol. The number of rotatable bonds is 5. The van der Waals surface area contributed by atoms with E-state index in [-0.39, 0.29) is 25.7 Å². The van der Waals surface area contributed by atoms with E-state index >= 15 is 0 Å². The summed E-state index contributed by atoms with van der Waals surface area (Å²) in [7, 11) is -3.95. The van der Waals surface area contributed by atoms with Crippen LogP contribution in [0.2, 0.25) is 15.1 Å². The number of carbonyl (C=O) groups is 1. The minimum Gasteiger partial charge on any atom is -0.324 e. The molecule has 0 saturated heterocycles. The highest BCUT2D eigenvalue weighted by atomic mass is 35.5. The topological polar surface area (TPSA) is 75.3 Å². The Morgan fingerprint density at radius 1 is 1.00 bits per heavy atom. The van der Waals surface area contributed by atoms with Crippen molar-refractivity contribution >= 4 is 56.4 Å². The van der Waals surface area contributed by atoms with E-state index in [1.807, 2.05) is 0 Å². The highest BCUT2D eigenvalue weighted by Crippen LogP contribution is 2.32. The fourth-order valence-corrected chi connectivity index (χ4v) is 3.25. The number of anilines is 1. The first-order chi connectivity index (χ1) is 11.2. The van der Waals surface area contributed by atoms with Gasteiger partial charge in [0.05, 0.1) is 32.2 Å². The van der Waals surface area contributed by atoms with Crippen LogP contribution in [-0.2, 0) is 14.8 Å². The second-order valence-electron chi connectivity index (χ2n) is 4.57. The molecule has 5 nitrogen and oxygen atoms in total. The SMILES string of the molecule is O=C(CNS(=O)(=O)c1ccc(F)cc1)Nc1cc(Cl)c(Cl)cc1Cl. The smallest absolute Gasteiger partial charge is 0.241 e. The molecule has 0 aromatic heterocycles. The van der Waals surface area contributed by atoms with Gasteiger partial charge in [-0.2, -0.15) is 0 Å². The molecule has 0 aliphatic heterocycles. The van der Waals surface area contributed by atoms with Gasteiger partial charge in [-0.1, -0.05) is 34.8 Å². The van der Waals surface area contributed by atoms with E-state index in [4.69, 9.17) is 34.8 Å². The Hall–Kier alpha value is -1.38. The zero-order chi connectivity index (χ0) is 17.9. The van der Waals surface area contributed by atoms with Crippen LogP contribution in [0.1, 0.15) is 0 Å². The van der Waals surface area contributed by atoms with Crippen molar-refractivity contribution in [2.45, 2.75) is 4.90 Å². The van der Waals surface area contributed by atoms with Crippen LogP contribution < -0.4 is 10.0 Å². The molecule has 0 aliphatic rings. The molecule has 0 bridgehead atoms. The lowest BCUT2D eigenvalue weighted by Crippen LogP contribution is -2.33. The van der Waals surface area contributed by atoms with E-state index in [2.05, 4.69) is 10.0 Å². The number of sulfonamides is 1. The van der Waals surface area contributed by atoms with Crippen LogP contribution in [0.5, 0.6) is 0 Å². The zero-order valence-corrected chi connectivity index (χ0v) is 14.9. The molecule has 2 aromatic carbocycles. The van der Waals surface area contributed by atoms with Crippen molar-refractivity contribution in [2.75, 3.05) is 11.9 Å². The monoisotopic (exact) mass is 410 g/mol. The van der Waals surface area contributed by atoms with Gasteiger partial charge >= 0.3 is 0 Å². The van der Waals surface area contributed by atoms with Gasteiger partial charge in [-0.15, -0.1) is 0 Å². The number of hydrogen-bond acceptors (Lipinski definition) is 3. The summed E-state index contributed by atoms with van der Waals surface area (Å²) in [6, 6.07) is 6.88. The van der Waals surface area contributed by atoms with Crippen LogP contribution in [0.25, 0.3) is 0 Å². The molecular weight excluding hydrogens is 402 g/mol. The molecule has 0 radical (unpaired) electrons. The first-order valence-electron chi connectivity index (χ1n) is 6.38. The lowest BCUT2D eigenvalue weighted by Gasteiger charge is -2.10. The Balaban J connectivity index is 2.03. The van der Waals surface area contributed by atoms with E-state index < -0.39 is 28.3 Å². The van der Waals surface area contributed by atoms with Gasteiger partial charge in [0.15, 0.2) is 0 Å². The minimum atomic E-state index is -3.95. The van der Waals surface area contributed by atoms with Crippen molar-refractivity contribution in [3.05, 3.63) is 57.3 Å². The molecule has 0 saturated carbocycles. The third kappa shape index (κ3) is 4.81. The molecule has 10 heteroatoms. The Labute approximate surface area is 152 Å². The Morgan fingerprint density at radius 3 is 2.21 bits per heavy atom. The molecule has 2 N–H and O–H groups in total. The van der Waals surface area contributed by atoms with Crippen LogP contribution >= 0.6 is 34.8 Å². The number of hydrogen-bond donors (Lipinski definition) is 2. The zero-order valence-electron chi connectivity index (χ0n) is 11.8. The van der Waals surface area contributed by atoms with E-state index in [0.717, 1.165) is 24.3 Å². The van der Waals surface area contributed by atoms with Crippen molar-refractivity contribution in [2.24, 2.45) is 0 Å². The second kappa shape index (κ2) is 7.67. The van der Waals surface area contributed by atoms with Crippen molar-refractivity contribution < 1.29 is 17.6 Å². The quantitative estimate of drug-likeness (QED) is 0.737. The van der Waals surface area contributed by atoms with Gasteiger partial charge in [0.2, 0.25) is 15.9 Å². The third-order valence-corrected chi connectivity index (χ3v) is 5.28. The molecule has 1 amide bonds. The lowest BCUT2D eigenvalue weighted by atomic mass is 10.3. The number of nitrogens with one attached hydrogen (secondary N) is 2. The Morgan fingerprint density at radius 2 is 1.58 bits per heavy atom. The highest BCUT2D eigenvalue weighted by Gasteiger charge is 2.16. The summed E-state index contributed by atoms with van der Waals surface area (Å²) in [6.07, 6.45) is 0. The van der Waals surface area contributed by atoms with Crippen LogP contribution in [0.15, 0.2) is 41.3 Å². The first kappa shape index (κ1) is 19.0. The van der Waals surface area contributed by atoms with Gasteiger partial charge in [0.25, 0.3) is 0 Å². The summed E-state index contributed by atoms with van der Waals surface area (Å²) < 4.78 is 38.9. The second-order valence-corrected chi connectivity index (χ2v) is 7.56. The molecule has 0 aliphatic carbocycles. The summed E-state index contributed by atoms with van der Waals surface area (Å²) >= 11 is 17.5. The van der Waals surface area contributed by atoms with Gasteiger partial charge in [0.1, 0.15) is 5.82 Å². The normalized spacial score (nSPS) is 11.3. The fourth-order valence-electron chi connectivity index (χ4n) is 1.67. The maximum atomic E-state index is 12.8. The number of amides is 1. The number of halogens is 4. The minimum absolute atomic E-state index is 0.152. The average Bonchev–Trinajstić information content (AvgIpc) is 2.51. The van der Waals surface area contributed by atoms with Gasteiger partial charge in [-0.3, -0.25) is 4.79 Å². The molecular formula is C14H10Cl3FN2O3S. The van der Waals surface area contributed by atoms with E-state index in [0.29, 0.717) is 0 Å². The van der Waals surface area contributed by atoms with Crippen LogP contribution in [-0.4, -0.2) is 20.9 Å². The van der Waals surface area contributed by atoms with Crippen LogP contribution in [0.4, 0.5) is 10.1 Å². The molecule has 2 aromatic rings. The first-order valence-corrected chi connectivity index (χ1v) is 9.00. The van der Waals surface area contributed by atoms with Crippen LogP contribution in [0, 0.1) is 5.82 Å². The third-order valence-electron chi connectivity index (χ3n) is 2.83. The van der Waals surface area contributed by atoms with Crippen molar-refractivity contribution in [3.8, 4) is 0 Å². The maximum Gasteiger partial charge on any atom is 0.241 e. The van der Waals surface area contributed by atoms with E-state index in [1.54, 1.807) is 0 Å². The van der Waals surface area contributed by atoms with E-state index in [1.165, 1.54) is 12.1 Å². The molecule has 0 spiro atoms. The summed E-state index contributed by atoms with van der Waals surface area (Å²) in [5, 5.41) is 2.97. The largest absolute Gasteiger partial charge is 0.324 e. The summed E-state index contributed by atoms with van der Waals surface area (Å²) in [5.41, 5.74) is 0.192.